The van der Waals surface area contributed by atoms with Crippen molar-refractivity contribution in [1.82, 2.24) is 4.90 Å². The second-order valence-corrected chi connectivity index (χ2v) is 8.19. The van der Waals surface area contributed by atoms with Gasteiger partial charge in [-0.05, 0) is 56.4 Å². The van der Waals surface area contributed by atoms with E-state index in [0.29, 0.717) is 43.2 Å². The summed E-state index contributed by atoms with van der Waals surface area (Å²) in [5.74, 6) is -0.430. The zero-order valence-corrected chi connectivity index (χ0v) is 16.9. The number of hydrogen-bond acceptors (Lipinski definition) is 4. The number of amides is 3. The summed E-state index contributed by atoms with van der Waals surface area (Å²) in [6.45, 7) is 2.03. The maximum atomic E-state index is 13.5. The fourth-order valence-electron chi connectivity index (χ4n) is 5.14. The van der Waals surface area contributed by atoms with Crippen molar-refractivity contribution in [2.45, 2.75) is 45.1 Å². The molecule has 6 heteroatoms. The summed E-state index contributed by atoms with van der Waals surface area (Å²) in [6.07, 6.45) is 3.12. The fourth-order valence-corrected chi connectivity index (χ4v) is 5.14. The Hall–Kier alpha value is -3.28. The molecule has 1 aliphatic carbocycles. The molecule has 0 atom stereocenters. The summed E-state index contributed by atoms with van der Waals surface area (Å²) in [4.78, 5) is 40.6. The standard InChI is InChI=1S/C24H23N3O3/c1-2-20-24(23(30)27(25-20)17-8-4-3-5-9-17)14-12-16(13-15-24)26-21(28)18-10-6-7-11-19(18)22(26)29/h3-11,16H,2,12-15H2,1H3. The van der Waals surface area contributed by atoms with E-state index in [4.69, 9.17) is 0 Å². The van der Waals surface area contributed by atoms with Crippen LogP contribution in [-0.4, -0.2) is 34.4 Å². The van der Waals surface area contributed by atoms with E-state index in [1.807, 2.05) is 37.3 Å². The van der Waals surface area contributed by atoms with Crippen molar-refractivity contribution in [2.75, 3.05) is 5.01 Å². The Bertz CT molecular complexity index is 1030. The third kappa shape index (κ3) is 2.56. The maximum Gasteiger partial charge on any atom is 0.261 e. The quantitative estimate of drug-likeness (QED) is 0.729. The number of para-hydroxylation sites is 1. The van der Waals surface area contributed by atoms with Gasteiger partial charge in [-0.25, -0.2) is 0 Å². The molecule has 1 saturated carbocycles. The predicted octanol–water partition coefficient (Wildman–Crippen LogP) is 4.02. The molecule has 1 fully saturated rings. The van der Waals surface area contributed by atoms with Gasteiger partial charge in [0.25, 0.3) is 17.7 Å². The predicted molar refractivity (Wildman–Crippen MR) is 113 cm³/mol. The van der Waals surface area contributed by atoms with Crippen LogP contribution in [0.5, 0.6) is 0 Å². The Balaban J connectivity index is 1.38. The molecule has 3 amide bonds. The van der Waals surface area contributed by atoms with Gasteiger partial charge in [0.2, 0.25) is 0 Å². The van der Waals surface area contributed by atoms with Crippen LogP contribution in [0.15, 0.2) is 59.7 Å². The van der Waals surface area contributed by atoms with Crippen molar-refractivity contribution in [3.8, 4) is 0 Å². The summed E-state index contributed by atoms with van der Waals surface area (Å²) in [7, 11) is 0. The van der Waals surface area contributed by atoms with Crippen LogP contribution >= 0.6 is 0 Å². The highest BCUT2D eigenvalue weighted by Crippen LogP contribution is 2.46. The first-order chi connectivity index (χ1) is 14.6. The third-order valence-electron chi connectivity index (χ3n) is 6.71. The van der Waals surface area contributed by atoms with E-state index in [0.717, 1.165) is 11.4 Å². The number of nitrogens with zero attached hydrogens (tertiary/aromatic N) is 3. The number of hydrazone groups is 1. The number of fused-ring (bicyclic) bond motifs is 1. The molecule has 5 rings (SSSR count). The molecular formula is C24H23N3O3. The molecule has 6 nitrogen and oxygen atoms in total. The molecule has 0 aromatic heterocycles. The lowest BCUT2D eigenvalue weighted by Crippen LogP contribution is -2.48. The second kappa shape index (κ2) is 6.90. The summed E-state index contributed by atoms with van der Waals surface area (Å²) >= 11 is 0. The molecule has 3 aliphatic rings. The van der Waals surface area contributed by atoms with Crippen LogP contribution in [0.2, 0.25) is 0 Å². The topological polar surface area (TPSA) is 70.1 Å². The lowest BCUT2D eigenvalue weighted by atomic mass is 9.68. The van der Waals surface area contributed by atoms with Crippen LogP contribution in [-0.2, 0) is 4.79 Å². The molecule has 2 aliphatic heterocycles. The van der Waals surface area contributed by atoms with Gasteiger partial charge in [-0.15, -0.1) is 0 Å². The van der Waals surface area contributed by atoms with Gasteiger partial charge in [0.1, 0.15) is 0 Å². The van der Waals surface area contributed by atoms with Crippen molar-refractivity contribution in [3.63, 3.8) is 0 Å². The SMILES string of the molecule is CCC1=NN(c2ccccc2)C(=O)C12CCC(N1C(=O)c3ccccc3C1=O)CC2. The number of imide groups is 1. The highest BCUT2D eigenvalue weighted by Gasteiger charge is 2.53. The molecule has 152 valence electrons. The molecule has 0 bridgehead atoms. The summed E-state index contributed by atoms with van der Waals surface area (Å²) in [6, 6.07) is 16.3. The van der Waals surface area contributed by atoms with Gasteiger partial charge in [0, 0.05) is 6.04 Å². The van der Waals surface area contributed by atoms with Gasteiger partial charge in [0.15, 0.2) is 0 Å². The summed E-state index contributed by atoms with van der Waals surface area (Å²) in [5.41, 5.74) is 2.00. The summed E-state index contributed by atoms with van der Waals surface area (Å²) < 4.78 is 0. The van der Waals surface area contributed by atoms with Gasteiger partial charge in [-0.1, -0.05) is 37.3 Å². The molecular weight excluding hydrogens is 378 g/mol. The van der Waals surface area contributed by atoms with Gasteiger partial charge in [-0.2, -0.15) is 10.1 Å². The Morgan fingerprint density at radius 3 is 2.03 bits per heavy atom. The number of carbonyl (C=O) groups is 3. The second-order valence-electron chi connectivity index (χ2n) is 8.19. The molecule has 0 N–H and O–H groups in total. The lowest BCUT2D eigenvalue weighted by Gasteiger charge is -2.39. The lowest BCUT2D eigenvalue weighted by molar-refractivity contribution is -0.125. The number of rotatable bonds is 3. The van der Waals surface area contributed by atoms with E-state index in [1.54, 1.807) is 24.3 Å². The van der Waals surface area contributed by atoms with Gasteiger partial charge in [-0.3, -0.25) is 19.3 Å². The molecule has 1 spiro atoms. The minimum absolute atomic E-state index is 0.00589. The number of benzene rings is 2. The van der Waals surface area contributed by atoms with Crippen molar-refractivity contribution >= 4 is 29.1 Å². The van der Waals surface area contributed by atoms with Crippen molar-refractivity contribution in [1.29, 1.82) is 0 Å². The monoisotopic (exact) mass is 401 g/mol. The first kappa shape index (κ1) is 18.7. The Morgan fingerprint density at radius 2 is 1.47 bits per heavy atom. The first-order valence-corrected chi connectivity index (χ1v) is 10.5. The Morgan fingerprint density at radius 1 is 0.900 bits per heavy atom. The normalized spacial score (nSPS) is 25.8. The number of hydrogen-bond donors (Lipinski definition) is 0. The Kier molecular flexibility index (Phi) is 4.31. The fraction of sp³-hybridized carbons (Fsp3) is 0.333. The van der Waals surface area contributed by atoms with Crippen LogP contribution in [0.4, 0.5) is 5.69 Å². The van der Waals surface area contributed by atoms with Crippen LogP contribution in [0.1, 0.15) is 59.7 Å². The van der Waals surface area contributed by atoms with Gasteiger partial charge >= 0.3 is 0 Å². The average molecular weight is 401 g/mol. The zero-order valence-electron chi connectivity index (χ0n) is 16.9. The van der Waals surface area contributed by atoms with Crippen LogP contribution < -0.4 is 5.01 Å². The largest absolute Gasteiger partial charge is 0.271 e. The van der Waals surface area contributed by atoms with Gasteiger partial charge in [0.05, 0.1) is 27.9 Å². The molecule has 2 aromatic carbocycles. The van der Waals surface area contributed by atoms with Crippen molar-refractivity contribution in [2.24, 2.45) is 10.5 Å². The van der Waals surface area contributed by atoms with Crippen molar-refractivity contribution in [3.05, 3.63) is 65.7 Å². The average Bonchev–Trinajstić information content (AvgIpc) is 3.21. The molecule has 0 unspecified atom stereocenters. The van der Waals surface area contributed by atoms with E-state index >= 15 is 0 Å². The number of carbonyl (C=O) groups excluding carboxylic acids is 3. The molecule has 2 heterocycles. The summed E-state index contributed by atoms with van der Waals surface area (Å²) in [5, 5.41) is 6.20. The van der Waals surface area contributed by atoms with E-state index in [9.17, 15) is 14.4 Å². The highest BCUT2D eigenvalue weighted by atomic mass is 16.2. The molecule has 0 saturated heterocycles. The van der Waals surface area contributed by atoms with E-state index in [-0.39, 0.29) is 23.8 Å². The first-order valence-electron chi connectivity index (χ1n) is 10.5. The van der Waals surface area contributed by atoms with E-state index in [2.05, 4.69) is 5.10 Å². The molecule has 0 radical (unpaired) electrons. The highest BCUT2D eigenvalue weighted by molar-refractivity contribution is 6.22. The van der Waals surface area contributed by atoms with Crippen molar-refractivity contribution < 1.29 is 14.4 Å². The molecule has 2 aromatic rings. The minimum atomic E-state index is -0.625. The van der Waals surface area contributed by atoms with Gasteiger partial charge < -0.3 is 0 Å². The molecule has 30 heavy (non-hydrogen) atoms. The van der Waals surface area contributed by atoms with Crippen LogP contribution in [0, 0.1) is 5.41 Å². The zero-order chi connectivity index (χ0) is 20.9. The third-order valence-corrected chi connectivity index (χ3v) is 6.71. The Labute approximate surface area is 175 Å². The van der Waals surface area contributed by atoms with Crippen LogP contribution in [0.3, 0.4) is 0 Å². The van der Waals surface area contributed by atoms with E-state index < -0.39 is 5.41 Å². The van der Waals surface area contributed by atoms with Crippen LogP contribution in [0.25, 0.3) is 0 Å². The smallest absolute Gasteiger partial charge is 0.261 e. The minimum Gasteiger partial charge on any atom is -0.271 e. The number of anilines is 1. The maximum absolute atomic E-state index is 13.5. The van der Waals surface area contributed by atoms with E-state index in [1.165, 1.54) is 9.91 Å².